The Morgan fingerprint density at radius 3 is 3.04 bits per heavy atom. The fraction of sp³-hybridized carbons (Fsp3) is 0.250. The van der Waals surface area contributed by atoms with Crippen LogP contribution >= 0.6 is 11.9 Å². The van der Waals surface area contributed by atoms with Gasteiger partial charge in [-0.25, -0.2) is 14.5 Å². The topological polar surface area (TPSA) is 88.1 Å². The van der Waals surface area contributed by atoms with Crippen LogP contribution in [0.15, 0.2) is 30.7 Å². The summed E-state index contributed by atoms with van der Waals surface area (Å²) in [5, 5.41) is 13.9. The summed E-state index contributed by atoms with van der Waals surface area (Å²) < 4.78 is 10.2. The highest BCUT2D eigenvalue weighted by Crippen LogP contribution is 2.37. The summed E-state index contributed by atoms with van der Waals surface area (Å²) in [7, 11) is 1.60. The Kier molecular flexibility index (Phi) is 3.70. The molecule has 0 radical (unpaired) electrons. The van der Waals surface area contributed by atoms with E-state index >= 15 is 0 Å². The Bertz CT molecular complexity index is 943. The molecule has 1 N–H and O–H groups in total. The van der Waals surface area contributed by atoms with Crippen molar-refractivity contribution in [2.24, 2.45) is 0 Å². The quantitative estimate of drug-likeness (QED) is 0.716. The molecule has 3 heterocycles. The maximum Gasteiger partial charge on any atom is 0.237 e. The molecule has 8 heteroatoms. The zero-order chi connectivity index (χ0) is 16.5. The lowest BCUT2D eigenvalue weighted by Gasteiger charge is -2.11. The first kappa shape index (κ1) is 14.8. The SMILES string of the molecule is COc1ncc(-c2ccn3ncc(C#N)c3n2)cc1NSC1CC1. The number of methoxy groups -OCH3 is 1. The second-order valence-corrected chi connectivity index (χ2v) is 6.56. The Labute approximate surface area is 142 Å². The molecule has 7 nitrogen and oxygen atoms in total. The largest absolute Gasteiger partial charge is 0.480 e. The summed E-state index contributed by atoms with van der Waals surface area (Å²) in [6.07, 6.45) is 7.49. The second kappa shape index (κ2) is 6.02. The van der Waals surface area contributed by atoms with Crippen molar-refractivity contribution in [1.82, 2.24) is 19.6 Å². The molecule has 3 aromatic heterocycles. The maximum atomic E-state index is 9.14. The van der Waals surface area contributed by atoms with Gasteiger partial charge in [-0.1, -0.05) is 0 Å². The summed E-state index contributed by atoms with van der Waals surface area (Å²) in [5.74, 6) is 0.551. The summed E-state index contributed by atoms with van der Waals surface area (Å²) >= 11 is 1.69. The Morgan fingerprint density at radius 1 is 1.42 bits per heavy atom. The van der Waals surface area contributed by atoms with E-state index < -0.39 is 0 Å². The van der Waals surface area contributed by atoms with Crippen LogP contribution in [0.2, 0.25) is 0 Å². The zero-order valence-corrected chi connectivity index (χ0v) is 13.7. The first-order valence-electron chi connectivity index (χ1n) is 7.49. The predicted molar refractivity (Wildman–Crippen MR) is 91.7 cm³/mol. The van der Waals surface area contributed by atoms with E-state index in [1.54, 1.807) is 36.0 Å². The van der Waals surface area contributed by atoms with Gasteiger partial charge in [0.15, 0.2) is 5.65 Å². The van der Waals surface area contributed by atoms with Crippen LogP contribution in [-0.2, 0) is 0 Å². The van der Waals surface area contributed by atoms with E-state index in [0.29, 0.717) is 22.3 Å². The van der Waals surface area contributed by atoms with Crippen LogP contribution in [-0.4, -0.2) is 31.9 Å². The average Bonchev–Trinajstić information content (AvgIpc) is 3.37. The molecule has 1 aliphatic carbocycles. The monoisotopic (exact) mass is 338 g/mol. The number of ether oxygens (including phenoxy) is 1. The lowest BCUT2D eigenvalue weighted by molar-refractivity contribution is 0.400. The van der Waals surface area contributed by atoms with E-state index in [4.69, 9.17) is 10.00 Å². The number of fused-ring (bicyclic) bond motifs is 1. The number of anilines is 1. The highest BCUT2D eigenvalue weighted by Gasteiger charge is 2.23. The summed E-state index contributed by atoms with van der Waals surface area (Å²) in [4.78, 5) is 8.90. The van der Waals surface area contributed by atoms with Crippen molar-refractivity contribution in [3.8, 4) is 23.2 Å². The van der Waals surface area contributed by atoms with Crippen molar-refractivity contribution >= 4 is 23.3 Å². The molecule has 0 aromatic carbocycles. The number of nitriles is 1. The summed E-state index contributed by atoms with van der Waals surface area (Å²) in [6, 6.07) is 5.91. The average molecular weight is 338 g/mol. The van der Waals surface area contributed by atoms with Crippen molar-refractivity contribution < 1.29 is 4.74 Å². The number of pyridine rings is 1. The van der Waals surface area contributed by atoms with E-state index in [2.05, 4.69) is 25.9 Å². The van der Waals surface area contributed by atoms with Crippen molar-refractivity contribution in [3.05, 3.63) is 36.3 Å². The van der Waals surface area contributed by atoms with E-state index in [1.807, 2.05) is 12.1 Å². The first-order valence-corrected chi connectivity index (χ1v) is 8.37. The molecule has 3 aromatic rings. The highest BCUT2D eigenvalue weighted by molar-refractivity contribution is 8.01. The summed E-state index contributed by atoms with van der Waals surface area (Å²) in [5.41, 5.74) is 3.38. The number of nitrogens with zero attached hydrogens (tertiary/aromatic N) is 5. The third-order valence-corrected chi connectivity index (χ3v) is 4.83. The number of nitrogens with one attached hydrogen (secondary N) is 1. The molecule has 0 amide bonds. The molecule has 0 atom stereocenters. The van der Waals surface area contributed by atoms with Gasteiger partial charge in [0.05, 0.1) is 19.0 Å². The molecule has 24 heavy (non-hydrogen) atoms. The van der Waals surface area contributed by atoms with Crippen molar-refractivity contribution in [2.75, 3.05) is 11.8 Å². The molecule has 120 valence electrons. The van der Waals surface area contributed by atoms with Gasteiger partial charge in [0, 0.05) is 23.2 Å². The number of hydrogen-bond acceptors (Lipinski definition) is 7. The molecule has 4 rings (SSSR count). The lowest BCUT2D eigenvalue weighted by Crippen LogP contribution is -1.98. The van der Waals surface area contributed by atoms with Crippen LogP contribution in [0, 0.1) is 11.3 Å². The Balaban J connectivity index is 1.72. The third kappa shape index (κ3) is 2.74. The minimum atomic E-state index is 0.445. The standard InChI is InChI=1S/C16H14N6OS/c1-23-16-14(21-24-12-2-3-12)6-10(8-18-16)13-4-5-22-15(20-13)11(7-17)9-19-22/h4-6,8-9,12,21H,2-3H2,1H3. The van der Waals surface area contributed by atoms with Crippen molar-refractivity contribution in [3.63, 3.8) is 0 Å². The van der Waals surface area contributed by atoms with Gasteiger partial charge in [0.2, 0.25) is 5.88 Å². The molecule has 1 fully saturated rings. The smallest absolute Gasteiger partial charge is 0.237 e. The molecule has 0 spiro atoms. The summed E-state index contributed by atoms with van der Waals surface area (Å²) in [6.45, 7) is 0. The molecule has 0 unspecified atom stereocenters. The second-order valence-electron chi connectivity index (χ2n) is 5.45. The molecular weight excluding hydrogens is 324 g/mol. The van der Waals surface area contributed by atoms with Crippen LogP contribution in [0.25, 0.3) is 16.9 Å². The van der Waals surface area contributed by atoms with Gasteiger partial charge in [0.25, 0.3) is 0 Å². The van der Waals surface area contributed by atoms with Crippen LogP contribution in [0.3, 0.4) is 0 Å². The number of aromatic nitrogens is 4. The fourth-order valence-corrected chi connectivity index (χ4v) is 3.08. The fourth-order valence-electron chi connectivity index (χ4n) is 2.27. The maximum absolute atomic E-state index is 9.14. The van der Waals surface area contributed by atoms with Gasteiger partial charge < -0.3 is 9.46 Å². The van der Waals surface area contributed by atoms with Crippen LogP contribution in [0.1, 0.15) is 18.4 Å². The first-order chi connectivity index (χ1) is 11.8. The van der Waals surface area contributed by atoms with Gasteiger partial charge in [-0.2, -0.15) is 10.4 Å². The molecular formula is C16H14N6OS. The van der Waals surface area contributed by atoms with E-state index in [9.17, 15) is 0 Å². The van der Waals surface area contributed by atoms with Crippen LogP contribution < -0.4 is 9.46 Å². The van der Waals surface area contributed by atoms with Gasteiger partial charge in [-0.3, -0.25) is 0 Å². The van der Waals surface area contributed by atoms with Crippen LogP contribution in [0.4, 0.5) is 5.69 Å². The minimum absolute atomic E-state index is 0.445. The molecule has 1 aliphatic rings. The van der Waals surface area contributed by atoms with Gasteiger partial charge in [-0.05, 0) is 36.9 Å². The molecule has 0 saturated heterocycles. The van der Waals surface area contributed by atoms with Gasteiger partial charge in [-0.15, -0.1) is 0 Å². The van der Waals surface area contributed by atoms with E-state index in [-0.39, 0.29) is 0 Å². The Hall–Kier alpha value is -2.79. The lowest BCUT2D eigenvalue weighted by atomic mass is 10.2. The minimum Gasteiger partial charge on any atom is -0.480 e. The highest BCUT2D eigenvalue weighted by atomic mass is 32.2. The van der Waals surface area contributed by atoms with Crippen molar-refractivity contribution in [1.29, 1.82) is 5.26 Å². The van der Waals surface area contributed by atoms with E-state index in [1.165, 1.54) is 19.0 Å². The van der Waals surface area contributed by atoms with Crippen molar-refractivity contribution in [2.45, 2.75) is 18.1 Å². The van der Waals surface area contributed by atoms with Gasteiger partial charge >= 0.3 is 0 Å². The molecule has 0 aliphatic heterocycles. The van der Waals surface area contributed by atoms with E-state index in [0.717, 1.165) is 16.9 Å². The molecule has 0 bridgehead atoms. The van der Waals surface area contributed by atoms with Crippen LogP contribution in [0.5, 0.6) is 5.88 Å². The zero-order valence-electron chi connectivity index (χ0n) is 12.9. The van der Waals surface area contributed by atoms with Gasteiger partial charge in [0.1, 0.15) is 17.3 Å². The molecule has 1 saturated carbocycles. The number of hydrogen-bond donors (Lipinski definition) is 1. The Morgan fingerprint density at radius 2 is 2.29 bits per heavy atom. The third-order valence-electron chi connectivity index (χ3n) is 3.69. The number of rotatable bonds is 5. The normalized spacial score (nSPS) is 13.7. The predicted octanol–water partition coefficient (Wildman–Crippen LogP) is 2.89.